The maximum Gasteiger partial charge on any atom is 0.221 e. The van der Waals surface area contributed by atoms with Crippen molar-refractivity contribution >= 4 is 10.8 Å². The van der Waals surface area contributed by atoms with Crippen LogP contribution in [0, 0.1) is 0 Å². The van der Waals surface area contributed by atoms with Gasteiger partial charge in [0.1, 0.15) is 0 Å². The Morgan fingerprint density at radius 1 is 0.500 bits per heavy atom. The molecule has 0 saturated carbocycles. The predicted octanol–water partition coefficient (Wildman–Crippen LogP) is 13.6. The Bertz CT molecular complexity index is 2400. The van der Waals surface area contributed by atoms with E-state index >= 15 is 0 Å². The van der Waals surface area contributed by atoms with E-state index in [-0.39, 0.29) is 11.0 Å². The van der Waals surface area contributed by atoms with Gasteiger partial charge in [-0.3, -0.25) is 0 Å². The molecule has 0 amide bonds. The van der Waals surface area contributed by atoms with Crippen LogP contribution in [0.2, 0.25) is 0 Å². The number of aromatic nitrogens is 1. The van der Waals surface area contributed by atoms with Crippen LogP contribution in [0.5, 0.6) is 0 Å². The zero-order valence-electron chi connectivity index (χ0n) is 31.4. The third-order valence-corrected chi connectivity index (χ3v) is 12.5. The van der Waals surface area contributed by atoms with Gasteiger partial charge in [0, 0.05) is 19.4 Å². The first kappa shape index (κ1) is 33.9. The normalized spacial score (nSPS) is 17.9. The van der Waals surface area contributed by atoms with Crippen LogP contribution in [-0.2, 0) is 17.4 Å². The number of benzene rings is 6. The summed E-state index contributed by atoms with van der Waals surface area (Å²) in [5.41, 5.74) is 15.5. The molecule has 1 heteroatoms. The Hall–Kier alpha value is -5.27. The number of pyridine rings is 1. The number of fused-ring (bicyclic) bond motifs is 5. The standard InChI is InChI=1S/C51H50N/c1-6-9-17-36-18-15-22-39(30-36)44-32-43(37-19-11-10-12-20-37)33-45(34-44)41-24-16-23-40(31-41)42-26-27-48-47(35-42)49-46-25-14-13-21-38(46)28-29-52(49)51(5,8-3)50(48,4)7-2/h10-16,18-35H,6-9,17H2,1-5H3/q+1. The summed E-state index contributed by atoms with van der Waals surface area (Å²) in [5, 5.41) is 2.61. The van der Waals surface area contributed by atoms with Gasteiger partial charge < -0.3 is 0 Å². The first-order chi connectivity index (χ1) is 25.4. The van der Waals surface area contributed by atoms with Crippen LogP contribution in [0.1, 0.15) is 71.4 Å². The molecule has 1 aliphatic heterocycles. The summed E-state index contributed by atoms with van der Waals surface area (Å²) in [4.78, 5) is 0. The maximum absolute atomic E-state index is 2.61. The van der Waals surface area contributed by atoms with Gasteiger partial charge in [0.25, 0.3) is 0 Å². The molecule has 2 atom stereocenters. The van der Waals surface area contributed by atoms with Crippen molar-refractivity contribution in [3.63, 3.8) is 0 Å². The molecular weight excluding hydrogens is 627 g/mol. The van der Waals surface area contributed by atoms with Crippen molar-refractivity contribution in [1.29, 1.82) is 0 Å². The van der Waals surface area contributed by atoms with Crippen LogP contribution in [0.3, 0.4) is 0 Å². The summed E-state index contributed by atoms with van der Waals surface area (Å²) < 4.78 is 2.61. The monoisotopic (exact) mass is 676 g/mol. The first-order valence-electron chi connectivity index (χ1n) is 19.4. The SMILES string of the molecule is CCCCc1cccc(-c2cc(-c3ccccc3)cc(-c3cccc(-c4ccc5c(c4)-c4c6ccccc6cc[n+]4C(C)(CC)C5(C)CC)c3)c2)c1. The Morgan fingerprint density at radius 3 is 1.81 bits per heavy atom. The molecule has 1 nitrogen and oxygen atoms in total. The fourth-order valence-corrected chi connectivity index (χ4v) is 8.92. The van der Waals surface area contributed by atoms with E-state index < -0.39 is 0 Å². The average Bonchev–Trinajstić information content (AvgIpc) is 3.21. The van der Waals surface area contributed by atoms with Crippen molar-refractivity contribution in [3.05, 3.63) is 163 Å². The van der Waals surface area contributed by atoms with Crippen molar-refractivity contribution in [3.8, 4) is 55.8 Å². The predicted molar refractivity (Wildman–Crippen MR) is 222 cm³/mol. The second-order valence-electron chi connectivity index (χ2n) is 15.2. The Balaban J connectivity index is 1.28. The van der Waals surface area contributed by atoms with Crippen LogP contribution in [-0.4, -0.2) is 0 Å². The summed E-state index contributed by atoms with van der Waals surface area (Å²) in [6.45, 7) is 11.9. The minimum atomic E-state index is -0.0491. The Kier molecular flexibility index (Phi) is 8.92. The van der Waals surface area contributed by atoms with Gasteiger partial charge in [-0.25, -0.2) is 0 Å². The molecule has 258 valence electrons. The van der Waals surface area contributed by atoms with Crippen LogP contribution < -0.4 is 4.57 Å². The van der Waals surface area contributed by atoms with E-state index in [2.05, 4.69) is 191 Å². The first-order valence-corrected chi connectivity index (χ1v) is 19.4. The van der Waals surface area contributed by atoms with E-state index in [0.717, 1.165) is 19.3 Å². The number of rotatable bonds is 9. The summed E-state index contributed by atoms with van der Waals surface area (Å²) in [5.74, 6) is 0. The topological polar surface area (TPSA) is 3.88 Å². The fraction of sp³-hybridized carbons (Fsp3) is 0.235. The third kappa shape index (κ3) is 5.68. The van der Waals surface area contributed by atoms with E-state index in [1.807, 2.05) is 0 Å². The maximum atomic E-state index is 2.61. The number of hydrogen-bond acceptors (Lipinski definition) is 0. The quantitative estimate of drug-likeness (QED) is 0.134. The molecule has 52 heavy (non-hydrogen) atoms. The molecule has 0 saturated heterocycles. The van der Waals surface area contributed by atoms with Gasteiger partial charge in [0.15, 0.2) is 11.7 Å². The largest absolute Gasteiger partial charge is 0.221 e. The van der Waals surface area contributed by atoms with Gasteiger partial charge in [0.05, 0.1) is 16.4 Å². The Morgan fingerprint density at radius 2 is 1.10 bits per heavy atom. The highest BCUT2D eigenvalue weighted by molar-refractivity contribution is 5.95. The zero-order valence-corrected chi connectivity index (χ0v) is 31.4. The minimum Gasteiger partial charge on any atom is -0.192 e. The van der Waals surface area contributed by atoms with Gasteiger partial charge in [-0.05, 0) is 124 Å². The summed E-state index contributed by atoms with van der Waals surface area (Å²) in [6.07, 6.45) is 8.01. The molecule has 0 bridgehead atoms. The van der Waals surface area contributed by atoms with Crippen molar-refractivity contribution in [1.82, 2.24) is 0 Å². The van der Waals surface area contributed by atoms with Gasteiger partial charge in [-0.2, -0.15) is 4.57 Å². The van der Waals surface area contributed by atoms with E-state index in [4.69, 9.17) is 0 Å². The van der Waals surface area contributed by atoms with E-state index in [0.29, 0.717) is 0 Å². The summed E-state index contributed by atoms with van der Waals surface area (Å²) >= 11 is 0. The number of hydrogen-bond donors (Lipinski definition) is 0. The number of aryl methyl sites for hydroxylation is 1. The lowest BCUT2D eigenvalue weighted by molar-refractivity contribution is -0.764. The van der Waals surface area contributed by atoms with Crippen LogP contribution >= 0.6 is 0 Å². The van der Waals surface area contributed by atoms with Crippen molar-refractivity contribution in [2.24, 2.45) is 0 Å². The minimum absolute atomic E-state index is 0.0142. The average molecular weight is 677 g/mol. The molecule has 0 aliphatic carbocycles. The smallest absolute Gasteiger partial charge is 0.192 e. The number of nitrogens with zero attached hydrogens (tertiary/aromatic N) is 1. The Labute approximate surface area is 310 Å². The number of unbranched alkanes of at least 4 members (excludes halogenated alkanes) is 1. The summed E-state index contributed by atoms with van der Waals surface area (Å²) in [6, 6.07) is 54.7. The third-order valence-electron chi connectivity index (χ3n) is 12.5. The highest BCUT2D eigenvalue weighted by Crippen LogP contribution is 2.51. The highest BCUT2D eigenvalue weighted by Gasteiger charge is 2.56. The molecule has 8 rings (SSSR count). The molecule has 0 fully saturated rings. The lowest BCUT2D eigenvalue weighted by Crippen LogP contribution is -2.67. The van der Waals surface area contributed by atoms with Gasteiger partial charge >= 0.3 is 0 Å². The van der Waals surface area contributed by atoms with Crippen molar-refractivity contribution in [2.45, 2.75) is 77.7 Å². The van der Waals surface area contributed by atoms with Crippen LogP contribution in [0.4, 0.5) is 0 Å². The molecule has 1 aromatic heterocycles. The van der Waals surface area contributed by atoms with Crippen molar-refractivity contribution < 1.29 is 4.57 Å². The second kappa shape index (κ2) is 13.7. The van der Waals surface area contributed by atoms with E-state index in [1.165, 1.54) is 90.5 Å². The molecule has 0 N–H and O–H groups in total. The molecule has 7 aromatic rings. The van der Waals surface area contributed by atoms with Crippen LogP contribution in [0.15, 0.2) is 152 Å². The van der Waals surface area contributed by atoms with Crippen molar-refractivity contribution in [2.75, 3.05) is 0 Å². The fourth-order valence-electron chi connectivity index (χ4n) is 8.92. The highest BCUT2D eigenvalue weighted by atomic mass is 15.1. The lowest BCUT2D eigenvalue weighted by Gasteiger charge is -2.46. The molecule has 1 aliphatic rings. The van der Waals surface area contributed by atoms with E-state index in [1.54, 1.807) is 0 Å². The molecule has 2 heterocycles. The molecule has 0 radical (unpaired) electrons. The van der Waals surface area contributed by atoms with Crippen LogP contribution in [0.25, 0.3) is 66.5 Å². The van der Waals surface area contributed by atoms with Gasteiger partial charge in [0.2, 0.25) is 5.69 Å². The second-order valence-corrected chi connectivity index (χ2v) is 15.2. The summed E-state index contributed by atoms with van der Waals surface area (Å²) in [7, 11) is 0. The van der Waals surface area contributed by atoms with Gasteiger partial charge in [-0.1, -0.05) is 130 Å². The molecule has 0 spiro atoms. The zero-order chi connectivity index (χ0) is 35.9. The van der Waals surface area contributed by atoms with Gasteiger partial charge in [-0.15, -0.1) is 0 Å². The lowest BCUT2D eigenvalue weighted by atomic mass is 9.60. The molecule has 2 unspecified atom stereocenters. The molecule has 6 aromatic carbocycles. The molecular formula is C51H50N+. The van der Waals surface area contributed by atoms with E-state index in [9.17, 15) is 0 Å².